The van der Waals surface area contributed by atoms with Crippen molar-refractivity contribution in [1.29, 1.82) is 0 Å². The van der Waals surface area contributed by atoms with Crippen molar-refractivity contribution in [1.82, 2.24) is 9.88 Å². The van der Waals surface area contributed by atoms with Crippen LogP contribution in [0.1, 0.15) is 44.6 Å². The van der Waals surface area contributed by atoms with Crippen molar-refractivity contribution in [3.8, 4) is 0 Å². The van der Waals surface area contributed by atoms with E-state index in [0.29, 0.717) is 13.0 Å². The monoisotopic (exact) mass is 290 g/mol. The molecule has 0 spiro atoms. The van der Waals surface area contributed by atoms with Gasteiger partial charge in [0.05, 0.1) is 6.61 Å². The molecule has 2 rings (SSSR count). The van der Waals surface area contributed by atoms with E-state index in [1.165, 1.54) is 0 Å². The summed E-state index contributed by atoms with van der Waals surface area (Å²) in [5.74, 6) is 0.209. The zero-order chi connectivity index (χ0) is 15.1. The average molecular weight is 290 g/mol. The van der Waals surface area contributed by atoms with Gasteiger partial charge in [0.1, 0.15) is 0 Å². The number of hydrogen-bond donors (Lipinski definition) is 1. The lowest BCUT2D eigenvalue weighted by atomic mass is 9.77. The molecule has 2 heterocycles. The van der Waals surface area contributed by atoms with Crippen LogP contribution in [-0.2, 0) is 11.2 Å². The third-order valence-corrected chi connectivity index (χ3v) is 4.51. The van der Waals surface area contributed by atoms with Crippen LogP contribution in [0.3, 0.4) is 0 Å². The first-order chi connectivity index (χ1) is 10.2. The first kappa shape index (κ1) is 16.0. The SMILES string of the molecule is CCCC1(CO)CCCN(C(=O)CCc2ccncc2)C1. The van der Waals surface area contributed by atoms with Gasteiger partial charge in [0.25, 0.3) is 0 Å². The third kappa shape index (κ3) is 4.27. The molecule has 0 bridgehead atoms. The molecule has 1 N–H and O–H groups in total. The number of pyridine rings is 1. The van der Waals surface area contributed by atoms with Crippen LogP contribution in [0.5, 0.6) is 0 Å². The predicted molar refractivity (Wildman–Crippen MR) is 82.8 cm³/mol. The summed E-state index contributed by atoms with van der Waals surface area (Å²) < 4.78 is 0. The number of piperidine rings is 1. The molecule has 0 aliphatic carbocycles. The van der Waals surface area contributed by atoms with E-state index in [-0.39, 0.29) is 17.9 Å². The highest BCUT2D eigenvalue weighted by Gasteiger charge is 2.35. The van der Waals surface area contributed by atoms with Crippen LogP contribution in [0.4, 0.5) is 0 Å². The second-order valence-corrected chi connectivity index (χ2v) is 6.18. The highest BCUT2D eigenvalue weighted by Crippen LogP contribution is 2.34. The Balaban J connectivity index is 1.90. The maximum atomic E-state index is 12.4. The van der Waals surface area contributed by atoms with E-state index >= 15 is 0 Å². The summed E-state index contributed by atoms with van der Waals surface area (Å²) >= 11 is 0. The fraction of sp³-hybridized carbons (Fsp3) is 0.647. The first-order valence-electron chi connectivity index (χ1n) is 7.97. The lowest BCUT2D eigenvalue weighted by molar-refractivity contribution is -0.135. The lowest BCUT2D eigenvalue weighted by Crippen LogP contribution is -2.47. The molecule has 4 heteroatoms. The molecule has 116 valence electrons. The number of carbonyl (C=O) groups excluding carboxylic acids is 1. The van der Waals surface area contributed by atoms with Crippen LogP contribution < -0.4 is 0 Å². The Labute approximate surface area is 127 Å². The van der Waals surface area contributed by atoms with Gasteiger partial charge in [0.2, 0.25) is 5.91 Å². The van der Waals surface area contributed by atoms with Crippen LogP contribution >= 0.6 is 0 Å². The zero-order valence-corrected chi connectivity index (χ0v) is 12.9. The van der Waals surface area contributed by atoms with Crippen LogP contribution in [0.25, 0.3) is 0 Å². The summed E-state index contributed by atoms with van der Waals surface area (Å²) in [6.45, 7) is 3.88. The minimum atomic E-state index is -0.0701. The standard InChI is InChI=1S/C17H26N2O2/c1-2-8-17(14-20)9-3-12-19(13-17)16(21)5-4-15-6-10-18-11-7-15/h6-7,10-11,20H,2-5,8-9,12-14H2,1H3. The van der Waals surface area contributed by atoms with Gasteiger partial charge < -0.3 is 10.0 Å². The number of nitrogens with zero attached hydrogens (tertiary/aromatic N) is 2. The Morgan fingerprint density at radius 3 is 2.86 bits per heavy atom. The van der Waals surface area contributed by atoms with Crippen LogP contribution in [0.2, 0.25) is 0 Å². The van der Waals surface area contributed by atoms with E-state index in [9.17, 15) is 9.90 Å². The topological polar surface area (TPSA) is 53.4 Å². The minimum Gasteiger partial charge on any atom is -0.396 e. The Bertz CT molecular complexity index is 445. The fourth-order valence-electron chi connectivity index (χ4n) is 3.32. The van der Waals surface area contributed by atoms with Crippen LogP contribution in [0.15, 0.2) is 24.5 Å². The van der Waals surface area contributed by atoms with E-state index in [1.54, 1.807) is 12.4 Å². The Morgan fingerprint density at radius 1 is 1.43 bits per heavy atom. The number of amides is 1. The lowest BCUT2D eigenvalue weighted by Gasteiger charge is -2.42. The highest BCUT2D eigenvalue weighted by atomic mass is 16.3. The molecule has 1 amide bonds. The summed E-state index contributed by atoms with van der Waals surface area (Å²) in [5.41, 5.74) is 1.08. The number of aliphatic hydroxyl groups is 1. The normalized spacial score (nSPS) is 22.3. The molecule has 1 saturated heterocycles. The van der Waals surface area contributed by atoms with E-state index in [2.05, 4.69) is 11.9 Å². The van der Waals surface area contributed by atoms with Crippen molar-refractivity contribution in [2.24, 2.45) is 5.41 Å². The summed E-state index contributed by atoms with van der Waals surface area (Å²) in [6.07, 6.45) is 8.91. The highest BCUT2D eigenvalue weighted by molar-refractivity contribution is 5.76. The molecule has 0 saturated carbocycles. The Hall–Kier alpha value is -1.42. The molecular weight excluding hydrogens is 264 g/mol. The Morgan fingerprint density at radius 2 is 2.19 bits per heavy atom. The molecule has 21 heavy (non-hydrogen) atoms. The molecule has 1 aliphatic rings. The number of rotatable bonds is 6. The number of aliphatic hydroxyl groups excluding tert-OH is 1. The summed E-state index contributed by atoms with van der Waals surface area (Å²) in [5, 5.41) is 9.74. The van der Waals surface area contributed by atoms with Gasteiger partial charge in [0.15, 0.2) is 0 Å². The molecule has 1 aromatic heterocycles. The van der Waals surface area contributed by atoms with Gasteiger partial charge in [-0.15, -0.1) is 0 Å². The second kappa shape index (κ2) is 7.55. The van der Waals surface area contributed by atoms with Crippen molar-refractivity contribution in [2.75, 3.05) is 19.7 Å². The average Bonchev–Trinajstić information content (AvgIpc) is 2.54. The first-order valence-corrected chi connectivity index (χ1v) is 7.97. The largest absolute Gasteiger partial charge is 0.396 e. The van der Waals surface area contributed by atoms with Crippen molar-refractivity contribution < 1.29 is 9.90 Å². The maximum Gasteiger partial charge on any atom is 0.222 e. The summed E-state index contributed by atoms with van der Waals surface area (Å²) in [4.78, 5) is 18.4. The van der Waals surface area contributed by atoms with Gasteiger partial charge in [0, 0.05) is 37.3 Å². The van der Waals surface area contributed by atoms with Crippen molar-refractivity contribution in [3.63, 3.8) is 0 Å². The van der Waals surface area contributed by atoms with Crippen molar-refractivity contribution in [3.05, 3.63) is 30.1 Å². The molecule has 0 radical (unpaired) electrons. The van der Waals surface area contributed by atoms with Crippen LogP contribution in [0, 0.1) is 5.41 Å². The van der Waals surface area contributed by atoms with Gasteiger partial charge in [-0.1, -0.05) is 13.3 Å². The molecule has 1 unspecified atom stereocenters. The Kier molecular flexibility index (Phi) is 5.74. The summed E-state index contributed by atoms with van der Waals surface area (Å²) in [6, 6.07) is 3.91. The third-order valence-electron chi connectivity index (χ3n) is 4.51. The number of aromatic nitrogens is 1. The van der Waals surface area contributed by atoms with E-state index in [1.807, 2.05) is 17.0 Å². The van der Waals surface area contributed by atoms with Gasteiger partial charge >= 0.3 is 0 Å². The molecule has 1 fully saturated rings. The van der Waals surface area contributed by atoms with Gasteiger partial charge in [-0.3, -0.25) is 9.78 Å². The number of carbonyl (C=O) groups is 1. The molecule has 1 aromatic rings. The molecule has 1 atom stereocenters. The smallest absolute Gasteiger partial charge is 0.222 e. The second-order valence-electron chi connectivity index (χ2n) is 6.18. The maximum absolute atomic E-state index is 12.4. The summed E-state index contributed by atoms with van der Waals surface area (Å²) in [7, 11) is 0. The number of likely N-dealkylation sites (tertiary alicyclic amines) is 1. The molecule has 0 aromatic carbocycles. The van der Waals surface area contributed by atoms with Gasteiger partial charge in [-0.05, 0) is 43.4 Å². The van der Waals surface area contributed by atoms with Gasteiger partial charge in [-0.25, -0.2) is 0 Å². The predicted octanol–water partition coefficient (Wildman–Crippen LogP) is 2.42. The van der Waals surface area contributed by atoms with Crippen LogP contribution in [-0.4, -0.2) is 40.6 Å². The molecule has 1 aliphatic heterocycles. The number of aryl methyl sites for hydroxylation is 1. The van der Waals surface area contributed by atoms with Crippen molar-refractivity contribution in [2.45, 2.75) is 45.4 Å². The molecule has 4 nitrogen and oxygen atoms in total. The van der Waals surface area contributed by atoms with Crippen molar-refractivity contribution >= 4 is 5.91 Å². The number of hydrogen-bond acceptors (Lipinski definition) is 3. The quantitative estimate of drug-likeness (QED) is 0.875. The van der Waals surface area contributed by atoms with E-state index in [4.69, 9.17) is 0 Å². The molecular formula is C17H26N2O2. The minimum absolute atomic E-state index is 0.0701. The van der Waals surface area contributed by atoms with E-state index < -0.39 is 0 Å². The zero-order valence-electron chi connectivity index (χ0n) is 12.9. The van der Waals surface area contributed by atoms with E-state index in [0.717, 1.165) is 44.2 Å². The van der Waals surface area contributed by atoms with Gasteiger partial charge in [-0.2, -0.15) is 0 Å². The fourth-order valence-corrected chi connectivity index (χ4v) is 3.32.